The number of esters is 1. The molecule has 1 aromatic carbocycles. The molecule has 27 heavy (non-hydrogen) atoms. The summed E-state index contributed by atoms with van der Waals surface area (Å²) in [7, 11) is 1.28. The van der Waals surface area contributed by atoms with Gasteiger partial charge in [0.2, 0.25) is 11.8 Å². The summed E-state index contributed by atoms with van der Waals surface area (Å²) in [5.41, 5.74) is -1.28. The van der Waals surface area contributed by atoms with Gasteiger partial charge in [-0.25, -0.2) is 0 Å². The van der Waals surface area contributed by atoms with E-state index in [9.17, 15) is 19.2 Å². The minimum Gasteiger partial charge on any atom is -0.481 e. The Bertz CT molecular complexity index is 965. The van der Waals surface area contributed by atoms with Gasteiger partial charge in [-0.05, 0) is 25.0 Å². The summed E-state index contributed by atoms with van der Waals surface area (Å²) in [5, 5.41) is 2.39. The van der Waals surface area contributed by atoms with Gasteiger partial charge in [0.1, 0.15) is 11.4 Å². The van der Waals surface area contributed by atoms with Crippen molar-refractivity contribution in [1.82, 2.24) is 5.32 Å². The number of fused-ring (bicyclic) bond motifs is 2. The van der Waals surface area contributed by atoms with E-state index >= 15 is 0 Å². The number of rotatable bonds is 2. The Balaban J connectivity index is 1.75. The molecule has 2 amide bonds. The largest absolute Gasteiger partial charge is 0.481 e. The Labute approximate surface area is 154 Å². The second-order valence-corrected chi connectivity index (χ2v) is 7.67. The maximum atomic E-state index is 13.2. The van der Waals surface area contributed by atoms with E-state index in [0.29, 0.717) is 29.7 Å². The summed E-state index contributed by atoms with van der Waals surface area (Å²) < 4.78 is 11.1. The fraction of sp³-hybridized carbons (Fsp3) is 0.400. The molecular weight excluding hydrogens is 350 g/mol. The van der Waals surface area contributed by atoms with E-state index in [1.807, 2.05) is 0 Å². The molecular formula is C20H17NO6. The molecule has 6 rings (SSSR count). The molecule has 2 fully saturated rings. The predicted molar refractivity (Wildman–Crippen MR) is 90.6 cm³/mol. The second kappa shape index (κ2) is 5.06. The second-order valence-electron chi connectivity index (χ2n) is 7.67. The molecule has 1 N–H and O–H groups in total. The molecule has 7 heteroatoms. The molecule has 3 aliphatic carbocycles. The first kappa shape index (κ1) is 16.2. The topological polar surface area (TPSA) is 98.8 Å². The van der Waals surface area contributed by atoms with Crippen LogP contribution in [0.4, 0.5) is 0 Å². The molecule has 0 aromatic heterocycles. The maximum Gasteiger partial charge on any atom is 0.306 e. The third-order valence-corrected chi connectivity index (χ3v) is 6.49. The molecule has 7 nitrogen and oxygen atoms in total. The standard InChI is InChI=1S/C20H17NO6/c1-26-13(22)9-19-6-7-20(15-14(19)17(24)21-18(15)25)11(8-19)16(23)10-4-2-3-5-12(10)27-20/h2-5,8,14-15H,6-7,9H2,1H3,(H,21,24,25)/t14-,15+,19+,20+/m0/s1. The third kappa shape index (κ3) is 1.86. The Morgan fingerprint density at radius 1 is 1.19 bits per heavy atom. The number of nitrogens with one attached hydrogen (secondary N) is 1. The number of para-hydroxylation sites is 1. The lowest BCUT2D eigenvalue weighted by Crippen LogP contribution is -2.64. The SMILES string of the molecule is COC(=O)C[C@]12C=C3C(=O)c4ccccc4O[C@@]3(CC1)[C@H]1C(=O)NC(=O)[C@H]12. The van der Waals surface area contributed by atoms with Crippen molar-refractivity contribution in [1.29, 1.82) is 0 Å². The third-order valence-electron chi connectivity index (χ3n) is 6.49. The first-order chi connectivity index (χ1) is 12.9. The van der Waals surface area contributed by atoms with Crippen molar-refractivity contribution in [3.63, 3.8) is 0 Å². The first-order valence-corrected chi connectivity index (χ1v) is 8.89. The molecule has 1 spiro atoms. The molecule has 1 saturated heterocycles. The van der Waals surface area contributed by atoms with E-state index < -0.39 is 40.6 Å². The van der Waals surface area contributed by atoms with Gasteiger partial charge in [0, 0.05) is 11.0 Å². The number of ether oxygens (including phenoxy) is 2. The highest BCUT2D eigenvalue weighted by atomic mass is 16.5. The van der Waals surface area contributed by atoms with Crippen molar-refractivity contribution >= 4 is 23.6 Å². The van der Waals surface area contributed by atoms with Crippen molar-refractivity contribution in [2.24, 2.45) is 17.3 Å². The van der Waals surface area contributed by atoms with Gasteiger partial charge < -0.3 is 9.47 Å². The van der Waals surface area contributed by atoms with Crippen molar-refractivity contribution < 1.29 is 28.7 Å². The van der Waals surface area contributed by atoms with Gasteiger partial charge >= 0.3 is 5.97 Å². The van der Waals surface area contributed by atoms with E-state index in [1.165, 1.54) is 7.11 Å². The Kier molecular flexibility index (Phi) is 3.04. The van der Waals surface area contributed by atoms with Crippen LogP contribution < -0.4 is 10.1 Å². The number of methoxy groups -OCH3 is 1. The van der Waals surface area contributed by atoms with Crippen LogP contribution in [-0.4, -0.2) is 36.3 Å². The van der Waals surface area contributed by atoms with Gasteiger partial charge in [0.15, 0.2) is 5.78 Å². The summed E-state index contributed by atoms with van der Waals surface area (Å²) in [6, 6.07) is 6.89. The minimum absolute atomic E-state index is 0.0557. The number of imide groups is 1. The van der Waals surface area contributed by atoms with Crippen LogP contribution in [0.3, 0.4) is 0 Å². The number of Topliss-reactive ketones (excluding diaryl/α,β-unsaturated/α-hetero) is 1. The van der Waals surface area contributed by atoms with Crippen LogP contribution in [0.15, 0.2) is 35.9 Å². The van der Waals surface area contributed by atoms with Gasteiger partial charge in [-0.2, -0.15) is 0 Å². The highest BCUT2D eigenvalue weighted by Gasteiger charge is 2.71. The van der Waals surface area contributed by atoms with E-state index in [-0.39, 0.29) is 12.2 Å². The lowest BCUT2D eigenvalue weighted by Gasteiger charge is -2.57. The van der Waals surface area contributed by atoms with Crippen LogP contribution in [0.5, 0.6) is 5.75 Å². The summed E-state index contributed by atoms with van der Waals surface area (Å²) >= 11 is 0. The number of carbonyl (C=O) groups is 4. The van der Waals surface area contributed by atoms with Crippen LogP contribution in [0, 0.1) is 17.3 Å². The highest BCUT2D eigenvalue weighted by Crippen LogP contribution is 2.63. The average molecular weight is 367 g/mol. The predicted octanol–water partition coefficient (Wildman–Crippen LogP) is 1.17. The van der Waals surface area contributed by atoms with Gasteiger partial charge in [-0.3, -0.25) is 24.5 Å². The summed E-state index contributed by atoms with van der Waals surface area (Å²) in [4.78, 5) is 50.7. The number of benzene rings is 1. The zero-order valence-corrected chi connectivity index (χ0v) is 14.6. The molecule has 0 radical (unpaired) electrons. The molecule has 5 aliphatic rings. The summed E-state index contributed by atoms with van der Waals surface area (Å²) in [6.07, 6.45) is 2.51. The molecule has 2 heterocycles. The van der Waals surface area contributed by atoms with E-state index in [1.54, 1.807) is 30.3 Å². The number of amides is 2. The molecule has 1 saturated carbocycles. The normalized spacial score (nSPS) is 35.4. The highest BCUT2D eigenvalue weighted by molar-refractivity contribution is 6.16. The number of ketones is 1. The summed E-state index contributed by atoms with van der Waals surface area (Å²) in [5.74, 6) is -2.71. The van der Waals surface area contributed by atoms with Gasteiger partial charge in [0.05, 0.1) is 30.9 Å². The van der Waals surface area contributed by atoms with Crippen molar-refractivity contribution in [3.8, 4) is 5.75 Å². The van der Waals surface area contributed by atoms with Crippen LogP contribution in [0.25, 0.3) is 0 Å². The quantitative estimate of drug-likeness (QED) is 0.622. The Hall–Kier alpha value is -2.96. The average Bonchev–Trinajstić information content (AvgIpc) is 2.99. The minimum atomic E-state index is -1.16. The zero-order valence-electron chi connectivity index (χ0n) is 14.6. The summed E-state index contributed by atoms with van der Waals surface area (Å²) in [6.45, 7) is 0. The fourth-order valence-electron chi connectivity index (χ4n) is 5.36. The zero-order chi connectivity index (χ0) is 19.0. The maximum absolute atomic E-state index is 13.2. The van der Waals surface area contributed by atoms with Crippen LogP contribution in [-0.2, 0) is 19.1 Å². The monoisotopic (exact) mass is 367 g/mol. The van der Waals surface area contributed by atoms with Crippen LogP contribution in [0.1, 0.15) is 29.6 Å². The van der Waals surface area contributed by atoms with Gasteiger partial charge in [-0.1, -0.05) is 18.2 Å². The van der Waals surface area contributed by atoms with Gasteiger partial charge in [0.25, 0.3) is 0 Å². The number of allylic oxidation sites excluding steroid dienone is 1. The molecule has 1 aromatic rings. The lowest BCUT2D eigenvalue weighted by atomic mass is 9.48. The molecule has 4 atom stereocenters. The first-order valence-electron chi connectivity index (χ1n) is 8.89. The molecule has 138 valence electrons. The molecule has 2 aliphatic heterocycles. The van der Waals surface area contributed by atoms with E-state index in [4.69, 9.17) is 9.47 Å². The van der Waals surface area contributed by atoms with Crippen molar-refractivity contribution in [3.05, 3.63) is 41.5 Å². The van der Waals surface area contributed by atoms with E-state index in [2.05, 4.69) is 5.32 Å². The van der Waals surface area contributed by atoms with Crippen LogP contribution >= 0.6 is 0 Å². The molecule has 2 bridgehead atoms. The fourth-order valence-corrected chi connectivity index (χ4v) is 5.36. The van der Waals surface area contributed by atoms with E-state index in [0.717, 1.165) is 0 Å². The number of carbonyl (C=O) groups excluding carboxylic acids is 4. The Morgan fingerprint density at radius 3 is 2.70 bits per heavy atom. The number of hydrogen-bond donors (Lipinski definition) is 1. The lowest BCUT2D eigenvalue weighted by molar-refractivity contribution is -0.154. The van der Waals surface area contributed by atoms with Crippen molar-refractivity contribution in [2.45, 2.75) is 24.9 Å². The van der Waals surface area contributed by atoms with Crippen LogP contribution in [0.2, 0.25) is 0 Å². The smallest absolute Gasteiger partial charge is 0.306 e. The Morgan fingerprint density at radius 2 is 1.93 bits per heavy atom. The molecule has 0 unspecified atom stereocenters. The number of hydrogen-bond acceptors (Lipinski definition) is 6. The van der Waals surface area contributed by atoms with Crippen molar-refractivity contribution in [2.75, 3.05) is 7.11 Å². The van der Waals surface area contributed by atoms with Gasteiger partial charge in [-0.15, -0.1) is 0 Å².